The highest BCUT2D eigenvalue weighted by atomic mass is 32.1. The molecule has 1 aliphatic carbocycles. The van der Waals surface area contributed by atoms with Crippen LogP contribution in [0.25, 0.3) is 11.3 Å². The lowest BCUT2D eigenvalue weighted by molar-refractivity contribution is -0.138. The van der Waals surface area contributed by atoms with Gasteiger partial charge in [0, 0.05) is 54.6 Å². The van der Waals surface area contributed by atoms with E-state index in [2.05, 4.69) is 40.9 Å². The highest BCUT2D eigenvalue weighted by molar-refractivity contribution is 7.16. The van der Waals surface area contributed by atoms with Crippen molar-refractivity contribution < 1.29 is 19.1 Å². The minimum absolute atomic E-state index is 0.00358. The van der Waals surface area contributed by atoms with Gasteiger partial charge in [-0.2, -0.15) is 0 Å². The van der Waals surface area contributed by atoms with Crippen molar-refractivity contribution in [3.05, 3.63) is 34.7 Å². The molecule has 3 aliphatic heterocycles. The molecular formula is C33H41N5O4S. The van der Waals surface area contributed by atoms with Gasteiger partial charge in [-0.3, -0.25) is 14.4 Å². The van der Waals surface area contributed by atoms with Crippen LogP contribution in [-0.2, 0) is 14.3 Å². The molecule has 2 aromatic rings. The number of piperazine rings is 1. The Bertz CT molecular complexity index is 1430. The largest absolute Gasteiger partial charge is 0.366 e. The van der Waals surface area contributed by atoms with Crippen LogP contribution in [0.3, 0.4) is 0 Å². The number of amides is 2. The smallest absolute Gasteiger partial charge is 0.251 e. The number of thiazole rings is 1. The number of fused-ring (bicyclic) bond motifs is 1. The van der Waals surface area contributed by atoms with Gasteiger partial charge in [0.2, 0.25) is 5.91 Å². The summed E-state index contributed by atoms with van der Waals surface area (Å²) in [5.41, 5.74) is 2.37. The van der Waals surface area contributed by atoms with Gasteiger partial charge in [0.05, 0.1) is 11.6 Å². The molecule has 3 saturated heterocycles. The van der Waals surface area contributed by atoms with Gasteiger partial charge in [-0.05, 0) is 51.3 Å². The van der Waals surface area contributed by atoms with Crippen molar-refractivity contribution in [2.24, 2.45) is 17.8 Å². The lowest BCUT2D eigenvalue weighted by Gasteiger charge is -2.32. The van der Waals surface area contributed by atoms with Gasteiger partial charge in [0.15, 0.2) is 10.9 Å². The van der Waals surface area contributed by atoms with Crippen LogP contribution < -0.4 is 10.2 Å². The summed E-state index contributed by atoms with van der Waals surface area (Å²) >= 11 is 1.70. The molecule has 9 nitrogen and oxygen atoms in total. The molecule has 0 bridgehead atoms. The number of benzene rings is 1. The number of likely N-dealkylation sites (N-methyl/N-ethyl adjacent to an activating group) is 1. The van der Waals surface area contributed by atoms with Crippen molar-refractivity contribution in [3.8, 4) is 23.1 Å². The van der Waals surface area contributed by atoms with E-state index in [0.29, 0.717) is 24.4 Å². The summed E-state index contributed by atoms with van der Waals surface area (Å²) in [7, 11) is 2.14. The van der Waals surface area contributed by atoms with Crippen molar-refractivity contribution in [1.29, 1.82) is 0 Å². The Labute approximate surface area is 258 Å². The van der Waals surface area contributed by atoms with Crippen LogP contribution in [0, 0.1) is 36.5 Å². The van der Waals surface area contributed by atoms with Gasteiger partial charge in [0.1, 0.15) is 24.8 Å². The number of hydrogen-bond acceptors (Lipinski definition) is 8. The fourth-order valence-corrected chi connectivity index (χ4v) is 7.14. The zero-order valence-corrected chi connectivity index (χ0v) is 26.3. The molecule has 43 heavy (non-hydrogen) atoms. The molecule has 1 saturated carbocycles. The van der Waals surface area contributed by atoms with E-state index < -0.39 is 18.2 Å². The van der Waals surface area contributed by atoms with Gasteiger partial charge in [0.25, 0.3) is 5.91 Å². The van der Waals surface area contributed by atoms with Crippen LogP contribution in [0.2, 0.25) is 0 Å². The molecule has 228 valence electrons. The lowest BCUT2D eigenvalue weighted by atomic mass is 10.0. The number of aryl methyl sites for hydroxylation is 1. The number of nitrogens with zero attached hydrogens (tertiary/aromatic N) is 4. The van der Waals surface area contributed by atoms with Gasteiger partial charge < -0.3 is 24.8 Å². The average Bonchev–Trinajstić information content (AvgIpc) is 3.46. The molecule has 10 heteroatoms. The standard InChI is InChI=1S/C33H41N5O4S/c1-20(2)17-26(32(41)38-18-25(8-7-22-5-6-22)30-29(38)27(39)19-42-30)34-31(40)24-11-9-23(10-12-24)28-21(3)43-33(35-28)37-15-13-36(4)14-16-37/h9-12,20,22,25-26,29-30H,5-6,13-19H2,1-4H3,(H,34,40). The monoisotopic (exact) mass is 603 g/mol. The van der Waals surface area contributed by atoms with E-state index in [9.17, 15) is 14.4 Å². The van der Waals surface area contributed by atoms with Crippen LogP contribution in [-0.4, -0.2) is 96.9 Å². The second-order valence-electron chi connectivity index (χ2n) is 12.8. The molecule has 4 atom stereocenters. The first kappa shape index (κ1) is 29.8. The van der Waals surface area contributed by atoms with Crippen molar-refractivity contribution >= 4 is 34.1 Å². The minimum atomic E-state index is -0.747. The van der Waals surface area contributed by atoms with E-state index >= 15 is 0 Å². The molecule has 4 heterocycles. The maximum absolute atomic E-state index is 13.9. The number of carbonyl (C=O) groups excluding carboxylic acids is 3. The predicted octanol–water partition coefficient (Wildman–Crippen LogP) is 3.22. The quantitative estimate of drug-likeness (QED) is 0.486. The first-order valence-corrected chi connectivity index (χ1v) is 16.3. The summed E-state index contributed by atoms with van der Waals surface area (Å²) in [6.07, 6.45) is 2.30. The third kappa shape index (κ3) is 6.49. The molecule has 1 aromatic heterocycles. The summed E-state index contributed by atoms with van der Waals surface area (Å²) in [6.45, 7) is 10.5. The topological polar surface area (TPSA) is 95.1 Å². The van der Waals surface area contributed by atoms with Crippen LogP contribution in [0.15, 0.2) is 24.3 Å². The van der Waals surface area contributed by atoms with Crippen molar-refractivity contribution in [1.82, 2.24) is 20.1 Å². The second kappa shape index (κ2) is 12.4. The highest BCUT2D eigenvalue weighted by Crippen LogP contribution is 2.35. The summed E-state index contributed by atoms with van der Waals surface area (Å²) in [5, 5.41) is 4.03. The second-order valence-corrected chi connectivity index (χ2v) is 14.0. The third-order valence-electron chi connectivity index (χ3n) is 8.81. The molecule has 4 fully saturated rings. The number of ketones is 1. The molecule has 0 radical (unpaired) electrons. The zero-order chi connectivity index (χ0) is 30.2. The number of nitrogens with one attached hydrogen (secondary N) is 1. The predicted molar refractivity (Wildman–Crippen MR) is 167 cm³/mol. The lowest BCUT2D eigenvalue weighted by Crippen LogP contribution is -2.52. The number of anilines is 1. The van der Waals surface area contributed by atoms with Gasteiger partial charge in [-0.15, -0.1) is 11.3 Å². The molecule has 4 unspecified atom stereocenters. The average molecular weight is 604 g/mol. The Morgan fingerprint density at radius 3 is 2.51 bits per heavy atom. The van der Waals surface area contributed by atoms with E-state index in [1.54, 1.807) is 28.4 Å². The number of likely N-dealkylation sites (tertiary alicyclic amines) is 1. The van der Waals surface area contributed by atoms with Crippen LogP contribution in [0.4, 0.5) is 5.13 Å². The summed E-state index contributed by atoms with van der Waals surface area (Å²) < 4.78 is 5.80. The van der Waals surface area contributed by atoms with Crippen LogP contribution >= 0.6 is 11.3 Å². The van der Waals surface area contributed by atoms with Crippen molar-refractivity contribution in [2.45, 2.75) is 58.2 Å². The number of carbonyl (C=O) groups is 3. The minimum Gasteiger partial charge on any atom is -0.366 e. The van der Waals surface area contributed by atoms with Gasteiger partial charge >= 0.3 is 0 Å². The molecular weight excluding hydrogens is 562 g/mol. The normalized spacial score (nSPS) is 24.6. The summed E-state index contributed by atoms with van der Waals surface area (Å²) in [6, 6.07) is 6.05. The Kier molecular flexibility index (Phi) is 8.58. The maximum Gasteiger partial charge on any atom is 0.251 e. The molecule has 1 aromatic carbocycles. The Hall–Kier alpha value is -3.26. The summed E-state index contributed by atoms with van der Waals surface area (Å²) in [5.74, 6) is 6.35. The Balaban J connectivity index is 1.15. The van der Waals surface area contributed by atoms with E-state index in [1.807, 2.05) is 26.0 Å². The fourth-order valence-electron chi connectivity index (χ4n) is 6.16. The third-order valence-corrected chi connectivity index (χ3v) is 9.84. The number of ether oxygens (including phenoxy) is 1. The SMILES string of the molecule is Cc1sc(N2CCN(C)CC2)nc1-c1ccc(C(=O)NC(CC(C)C)C(=O)N2CC(C#CC3CC3)C3OCC(=O)C32)cc1. The van der Waals surface area contributed by atoms with Crippen LogP contribution in [0.5, 0.6) is 0 Å². The van der Waals surface area contributed by atoms with Gasteiger partial charge in [-0.25, -0.2) is 4.98 Å². The Morgan fingerprint density at radius 1 is 1.12 bits per heavy atom. The van der Waals surface area contributed by atoms with E-state index in [-0.39, 0.29) is 36.0 Å². The number of hydrogen-bond donors (Lipinski definition) is 1. The number of aromatic nitrogens is 1. The molecule has 0 spiro atoms. The van der Waals surface area contributed by atoms with Crippen LogP contribution in [0.1, 0.15) is 48.3 Å². The molecule has 2 amide bonds. The first-order valence-electron chi connectivity index (χ1n) is 15.5. The van der Waals surface area contributed by atoms with Gasteiger partial charge in [-0.1, -0.05) is 37.8 Å². The number of rotatable bonds is 7. The zero-order valence-electron chi connectivity index (χ0n) is 25.5. The molecule has 1 N–H and O–H groups in total. The van der Waals surface area contributed by atoms with Crippen molar-refractivity contribution in [2.75, 3.05) is 51.3 Å². The molecule has 4 aliphatic rings. The molecule has 6 rings (SSSR count). The number of Topliss-reactive ketones (excluding diaryl/α,β-unsaturated/α-hetero) is 1. The van der Waals surface area contributed by atoms with E-state index in [0.717, 1.165) is 60.3 Å². The van der Waals surface area contributed by atoms with E-state index in [4.69, 9.17) is 9.72 Å². The fraction of sp³-hybridized carbons (Fsp3) is 0.576. The first-order chi connectivity index (χ1) is 20.7. The highest BCUT2D eigenvalue weighted by Gasteiger charge is 2.52. The summed E-state index contributed by atoms with van der Waals surface area (Å²) in [4.78, 5) is 52.5. The van der Waals surface area contributed by atoms with E-state index in [1.165, 1.54) is 0 Å². The van der Waals surface area contributed by atoms with Crippen molar-refractivity contribution in [3.63, 3.8) is 0 Å². The maximum atomic E-state index is 13.9. The Morgan fingerprint density at radius 2 is 1.84 bits per heavy atom.